The van der Waals surface area contributed by atoms with E-state index < -0.39 is 0 Å². The van der Waals surface area contributed by atoms with E-state index >= 15 is 0 Å². The Hall–Kier alpha value is 0.740. The zero-order valence-corrected chi connectivity index (χ0v) is 6.31. The largest absolute Gasteiger partial charge is 0.377 e. The molecule has 0 spiro atoms. The van der Waals surface area contributed by atoms with E-state index in [4.69, 9.17) is 4.74 Å². The van der Waals surface area contributed by atoms with Gasteiger partial charge in [-0.25, -0.2) is 0 Å². The van der Waals surface area contributed by atoms with Gasteiger partial charge in [0.05, 0.1) is 6.35 Å². The van der Waals surface area contributed by atoms with Crippen molar-refractivity contribution in [2.24, 2.45) is 0 Å². The maximum Gasteiger partial charge on any atom is 0.0602 e. The van der Waals surface area contributed by atoms with Crippen molar-refractivity contribution in [3.05, 3.63) is 0 Å². The molecule has 44 valence electrons. The summed E-state index contributed by atoms with van der Waals surface area (Å²) in [7, 11) is 2.50. The first-order valence-corrected chi connectivity index (χ1v) is 3.75. The molecule has 0 aliphatic carbocycles. The molecule has 0 fully saturated rings. The van der Waals surface area contributed by atoms with Crippen LogP contribution in [0.25, 0.3) is 0 Å². The van der Waals surface area contributed by atoms with Crippen LogP contribution < -0.4 is 0 Å². The molecular formula is C4H11OPS. The second-order valence-electron chi connectivity index (χ2n) is 1.15. The first-order chi connectivity index (χ1) is 3.41. The van der Waals surface area contributed by atoms with Crippen molar-refractivity contribution in [3.63, 3.8) is 0 Å². The van der Waals surface area contributed by atoms with Gasteiger partial charge in [-0.05, 0) is 12.2 Å². The zero-order valence-electron chi connectivity index (χ0n) is 4.26. The highest BCUT2D eigenvalue weighted by Gasteiger charge is 1.79. The number of hydrogen-bond donors (Lipinski definition) is 1. The minimum absolute atomic E-state index is 0.744. The smallest absolute Gasteiger partial charge is 0.0602 e. The molecule has 0 rings (SSSR count). The Bertz CT molecular complexity index is 30.9. The standard InChI is InChI=1S/C4H11OPS/c6-4-5-2-1-3-7/h7H,1-4,6H2. The second kappa shape index (κ2) is 6.74. The van der Waals surface area contributed by atoms with Crippen LogP contribution in [0.2, 0.25) is 0 Å². The van der Waals surface area contributed by atoms with E-state index in [9.17, 15) is 0 Å². The van der Waals surface area contributed by atoms with Crippen LogP contribution >= 0.6 is 21.9 Å². The molecule has 1 nitrogen and oxygen atoms in total. The molecule has 0 aromatic carbocycles. The van der Waals surface area contributed by atoms with Gasteiger partial charge in [0.1, 0.15) is 0 Å². The predicted molar refractivity (Wildman–Crippen MR) is 39.0 cm³/mol. The minimum atomic E-state index is 0.744. The van der Waals surface area contributed by atoms with Gasteiger partial charge in [-0.1, -0.05) is 0 Å². The molecule has 0 heterocycles. The van der Waals surface area contributed by atoms with E-state index in [1.807, 2.05) is 0 Å². The molecule has 0 aromatic rings. The summed E-state index contributed by atoms with van der Waals surface area (Å²) in [5.74, 6) is 0.921. The summed E-state index contributed by atoms with van der Waals surface area (Å²) in [5.41, 5.74) is 0. The molecule has 0 amide bonds. The quantitative estimate of drug-likeness (QED) is 0.348. The van der Waals surface area contributed by atoms with E-state index in [1.54, 1.807) is 0 Å². The molecule has 0 aliphatic heterocycles. The van der Waals surface area contributed by atoms with Gasteiger partial charge in [-0.15, -0.1) is 9.24 Å². The third kappa shape index (κ3) is 6.74. The van der Waals surface area contributed by atoms with Crippen molar-refractivity contribution in [3.8, 4) is 0 Å². The van der Waals surface area contributed by atoms with E-state index in [-0.39, 0.29) is 0 Å². The number of thiol groups is 1. The van der Waals surface area contributed by atoms with Gasteiger partial charge in [-0.2, -0.15) is 12.6 Å². The highest BCUT2D eigenvalue weighted by molar-refractivity contribution is 7.80. The predicted octanol–water partition coefficient (Wildman–Crippen LogP) is 1.16. The van der Waals surface area contributed by atoms with Crippen LogP contribution in [0, 0.1) is 0 Å². The van der Waals surface area contributed by atoms with Crippen molar-refractivity contribution in [2.45, 2.75) is 6.42 Å². The van der Waals surface area contributed by atoms with Gasteiger partial charge < -0.3 is 4.74 Å². The summed E-state index contributed by atoms with van der Waals surface area (Å²) in [5, 5.41) is 0. The monoisotopic (exact) mass is 138 g/mol. The summed E-state index contributed by atoms with van der Waals surface area (Å²) in [6, 6.07) is 0. The molecule has 1 atom stereocenters. The average Bonchev–Trinajstić information content (AvgIpc) is 1.69. The Labute approximate surface area is 52.4 Å². The van der Waals surface area contributed by atoms with Gasteiger partial charge in [-0.3, -0.25) is 0 Å². The molecular weight excluding hydrogens is 127 g/mol. The van der Waals surface area contributed by atoms with Gasteiger partial charge >= 0.3 is 0 Å². The van der Waals surface area contributed by atoms with Crippen LogP contribution in [0.3, 0.4) is 0 Å². The van der Waals surface area contributed by atoms with E-state index in [0.29, 0.717) is 0 Å². The van der Waals surface area contributed by atoms with Crippen LogP contribution in [-0.2, 0) is 4.74 Å². The topological polar surface area (TPSA) is 9.23 Å². The molecule has 0 N–H and O–H groups in total. The highest BCUT2D eigenvalue weighted by Crippen LogP contribution is 1.87. The molecule has 0 aromatic heterocycles. The summed E-state index contributed by atoms with van der Waals surface area (Å²) in [6.45, 7) is 0.840. The fourth-order valence-electron chi connectivity index (χ4n) is 0.250. The van der Waals surface area contributed by atoms with Crippen LogP contribution in [0.5, 0.6) is 0 Å². The van der Waals surface area contributed by atoms with Crippen LogP contribution in [0.15, 0.2) is 0 Å². The number of hydrogen-bond acceptors (Lipinski definition) is 2. The maximum atomic E-state index is 4.99. The summed E-state index contributed by atoms with van der Waals surface area (Å²) >= 11 is 4.01. The third-order valence-corrected chi connectivity index (χ3v) is 1.12. The Morgan fingerprint density at radius 1 is 1.57 bits per heavy atom. The molecule has 1 unspecified atom stereocenters. The number of rotatable bonds is 4. The lowest BCUT2D eigenvalue weighted by molar-refractivity contribution is 0.184. The molecule has 0 saturated heterocycles. The Morgan fingerprint density at radius 2 is 2.29 bits per heavy atom. The van der Waals surface area contributed by atoms with Crippen LogP contribution in [0.4, 0.5) is 0 Å². The second-order valence-corrected chi connectivity index (χ2v) is 1.93. The Balaban J connectivity index is 2.45. The van der Waals surface area contributed by atoms with Gasteiger partial charge in [0.2, 0.25) is 0 Å². The highest BCUT2D eigenvalue weighted by atomic mass is 32.1. The maximum absolute atomic E-state index is 4.99. The van der Waals surface area contributed by atoms with E-state index in [0.717, 1.165) is 25.1 Å². The third-order valence-electron chi connectivity index (χ3n) is 0.565. The van der Waals surface area contributed by atoms with Crippen LogP contribution in [-0.4, -0.2) is 18.7 Å². The first-order valence-electron chi connectivity index (χ1n) is 2.30. The molecule has 0 aliphatic rings. The molecule has 7 heavy (non-hydrogen) atoms. The number of ether oxygens (including phenoxy) is 1. The normalized spacial score (nSPS) is 9.43. The Morgan fingerprint density at radius 3 is 2.71 bits per heavy atom. The first kappa shape index (κ1) is 7.74. The zero-order chi connectivity index (χ0) is 5.54. The average molecular weight is 138 g/mol. The molecule has 0 saturated carbocycles. The molecule has 0 bridgehead atoms. The SMILES string of the molecule is PCOCCCS. The molecule has 0 radical (unpaired) electrons. The van der Waals surface area contributed by atoms with Crippen molar-refractivity contribution in [2.75, 3.05) is 18.7 Å². The Kier molecular flexibility index (Phi) is 7.45. The lowest BCUT2D eigenvalue weighted by Gasteiger charge is -1.94. The van der Waals surface area contributed by atoms with Crippen molar-refractivity contribution < 1.29 is 4.74 Å². The van der Waals surface area contributed by atoms with Crippen LogP contribution in [0.1, 0.15) is 6.42 Å². The lowest BCUT2D eigenvalue weighted by Crippen LogP contribution is -1.90. The van der Waals surface area contributed by atoms with Crippen molar-refractivity contribution in [1.82, 2.24) is 0 Å². The van der Waals surface area contributed by atoms with E-state index in [2.05, 4.69) is 21.9 Å². The van der Waals surface area contributed by atoms with Gasteiger partial charge in [0.25, 0.3) is 0 Å². The fraction of sp³-hybridized carbons (Fsp3) is 1.00. The lowest BCUT2D eigenvalue weighted by atomic mass is 10.5. The molecule has 3 heteroatoms. The van der Waals surface area contributed by atoms with Crippen molar-refractivity contribution >= 4 is 21.9 Å². The van der Waals surface area contributed by atoms with Crippen molar-refractivity contribution in [1.29, 1.82) is 0 Å². The minimum Gasteiger partial charge on any atom is -0.377 e. The summed E-state index contributed by atoms with van der Waals surface area (Å²) < 4.78 is 4.99. The fourth-order valence-corrected chi connectivity index (χ4v) is 0.546. The van der Waals surface area contributed by atoms with Gasteiger partial charge in [0.15, 0.2) is 0 Å². The van der Waals surface area contributed by atoms with E-state index in [1.165, 1.54) is 0 Å². The summed E-state index contributed by atoms with van der Waals surface area (Å²) in [6.07, 6.45) is 1.80. The van der Waals surface area contributed by atoms with Gasteiger partial charge in [0, 0.05) is 6.61 Å². The summed E-state index contributed by atoms with van der Waals surface area (Å²) in [4.78, 5) is 0.